The van der Waals surface area contributed by atoms with Crippen molar-refractivity contribution in [1.29, 1.82) is 0 Å². The first-order valence-corrected chi connectivity index (χ1v) is 8.31. The van der Waals surface area contributed by atoms with Gasteiger partial charge >= 0.3 is 11.9 Å². The molecule has 2 heterocycles. The number of hydrogen-bond donors (Lipinski definition) is 1. The maximum atomic E-state index is 12.4. The summed E-state index contributed by atoms with van der Waals surface area (Å²) >= 11 is 0. The van der Waals surface area contributed by atoms with Crippen LogP contribution in [0.4, 0.5) is 0 Å². The van der Waals surface area contributed by atoms with E-state index in [2.05, 4.69) is 4.74 Å². The molecule has 0 saturated carbocycles. The lowest BCUT2D eigenvalue weighted by Gasteiger charge is -2.32. The summed E-state index contributed by atoms with van der Waals surface area (Å²) in [4.78, 5) is 22.3. The Balaban J connectivity index is 1.96. The maximum absolute atomic E-state index is 12.4. The van der Waals surface area contributed by atoms with Gasteiger partial charge in [-0.1, -0.05) is 0 Å². The van der Waals surface area contributed by atoms with E-state index in [9.17, 15) is 18.0 Å². The lowest BCUT2D eigenvalue weighted by molar-refractivity contribution is -0.146. The zero-order valence-electron chi connectivity index (χ0n) is 11.9. The number of piperidine rings is 1. The summed E-state index contributed by atoms with van der Waals surface area (Å²) in [5.74, 6) is -2.16. The number of ether oxygens (including phenoxy) is 1. The lowest BCUT2D eigenvalue weighted by Crippen LogP contribution is -2.47. The van der Waals surface area contributed by atoms with E-state index in [1.807, 2.05) is 0 Å². The van der Waals surface area contributed by atoms with Crippen molar-refractivity contribution in [2.45, 2.75) is 19.3 Å². The van der Waals surface area contributed by atoms with E-state index < -0.39 is 22.1 Å². The molecular formula is C12H20N2O6S. The van der Waals surface area contributed by atoms with Gasteiger partial charge in [-0.2, -0.15) is 17.0 Å². The fourth-order valence-corrected chi connectivity index (χ4v) is 4.49. The summed E-state index contributed by atoms with van der Waals surface area (Å²) in [7, 11) is -2.31. The van der Waals surface area contributed by atoms with Gasteiger partial charge in [-0.15, -0.1) is 0 Å². The average molecular weight is 320 g/mol. The number of carbonyl (C=O) groups excluding carboxylic acids is 1. The molecule has 0 radical (unpaired) electrons. The van der Waals surface area contributed by atoms with E-state index in [0.29, 0.717) is 19.3 Å². The molecule has 2 aliphatic heterocycles. The molecule has 0 aromatic rings. The Kier molecular flexibility index (Phi) is 4.84. The molecule has 9 heteroatoms. The second kappa shape index (κ2) is 6.29. The highest BCUT2D eigenvalue weighted by Crippen LogP contribution is 2.26. The highest BCUT2D eigenvalue weighted by Gasteiger charge is 2.40. The van der Waals surface area contributed by atoms with E-state index in [-0.39, 0.29) is 38.1 Å². The summed E-state index contributed by atoms with van der Waals surface area (Å²) in [5, 5.41) is 8.94. The van der Waals surface area contributed by atoms with Gasteiger partial charge in [-0.3, -0.25) is 9.59 Å². The van der Waals surface area contributed by atoms with Crippen LogP contribution in [-0.4, -0.2) is 67.4 Å². The molecule has 2 rings (SSSR count). The van der Waals surface area contributed by atoms with Crippen LogP contribution in [0.3, 0.4) is 0 Å². The normalized spacial score (nSPS) is 25.9. The SMILES string of the molecule is COC(=O)C1CCN(S(=O)(=O)N2CCC(C(=O)O)C2)CC1. The summed E-state index contributed by atoms with van der Waals surface area (Å²) in [6.07, 6.45) is 1.21. The average Bonchev–Trinajstić information content (AvgIpc) is 2.97. The Hall–Kier alpha value is -1.19. The van der Waals surface area contributed by atoms with Crippen LogP contribution < -0.4 is 0 Å². The standard InChI is InChI=1S/C12H20N2O6S/c1-20-12(17)9-2-5-13(6-3-9)21(18,19)14-7-4-10(8-14)11(15)16/h9-10H,2-8H2,1H3,(H,15,16). The van der Waals surface area contributed by atoms with Gasteiger partial charge in [0.2, 0.25) is 0 Å². The van der Waals surface area contributed by atoms with Crippen LogP contribution in [0.2, 0.25) is 0 Å². The van der Waals surface area contributed by atoms with Crippen molar-refractivity contribution in [3.8, 4) is 0 Å². The molecule has 8 nitrogen and oxygen atoms in total. The maximum Gasteiger partial charge on any atom is 0.308 e. The molecule has 0 spiro atoms. The van der Waals surface area contributed by atoms with Gasteiger partial charge in [0.1, 0.15) is 0 Å². The van der Waals surface area contributed by atoms with Crippen LogP contribution in [0.5, 0.6) is 0 Å². The number of carboxylic acids is 1. The van der Waals surface area contributed by atoms with Crippen molar-refractivity contribution in [2.75, 3.05) is 33.3 Å². The number of nitrogens with zero attached hydrogens (tertiary/aromatic N) is 2. The van der Waals surface area contributed by atoms with Gasteiger partial charge in [0.15, 0.2) is 0 Å². The van der Waals surface area contributed by atoms with E-state index in [4.69, 9.17) is 5.11 Å². The van der Waals surface area contributed by atoms with Gasteiger partial charge in [-0.05, 0) is 19.3 Å². The zero-order valence-corrected chi connectivity index (χ0v) is 12.7. The summed E-state index contributed by atoms with van der Waals surface area (Å²) in [6.45, 7) is 0.775. The highest BCUT2D eigenvalue weighted by molar-refractivity contribution is 7.86. The highest BCUT2D eigenvalue weighted by atomic mass is 32.2. The van der Waals surface area contributed by atoms with Crippen molar-refractivity contribution in [1.82, 2.24) is 8.61 Å². The van der Waals surface area contributed by atoms with Gasteiger partial charge in [0, 0.05) is 26.2 Å². The van der Waals surface area contributed by atoms with Crippen molar-refractivity contribution in [3.63, 3.8) is 0 Å². The molecule has 2 fully saturated rings. The molecule has 0 aliphatic carbocycles. The number of esters is 1. The number of aliphatic carboxylic acids is 1. The van der Waals surface area contributed by atoms with E-state index in [1.54, 1.807) is 0 Å². The third-order valence-corrected chi connectivity index (χ3v) is 6.14. The van der Waals surface area contributed by atoms with Crippen LogP contribution in [-0.2, 0) is 24.5 Å². The number of hydrogen-bond acceptors (Lipinski definition) is 5. The fraction of sp³-hybridized carbons (Fsp3) is 0.833. The van der Waals surface area contributed by atoms with Crippen LogP contribution in [0.1, 0.15) is 19.3 Å². The summed E-state index contributed by atoms with van der Waals surface area (Å²) < 4.78 is 32.1. The van der Waals surface area contributed by atoms with Gasteiger partial charge in [0.25, 0.3) is 10.2 Å². The van der Waals surface area contributed by atoms with Crippen LogP contribution in [0.25, 0.3) is 0 Å². The Labute approximate surface area is 123 Å². The number of rotatable bonds is 4. The predicted octanol–water partition coefficient (Wildman–Crippen LogP) is -0.477. The quantitative estimate of drug-likeness (QED) is 0.702. The van der Waals surface area contributed by atoms with E-state index >= 15 is 0 Å². The largest absolute Gasteiger partial charge is 0.481 e. The van der Waals surface area contributed by atoms with Crippen molar-refractivity contribution in [2.24, 2.45) is 11.8 Å². The molecule has 1 N–H and O–H groups in total. The smallest absolute Gasteiger partial charge is 0.308 e. The second-order valence-corrected chi connectivity index (χ2v) is 7.31. The Morgan fingerprint density at radius 3 is 2.05 bits per heavy atom. The minimum absolute atomic E-state index is 0.0224. The lowest BCUT2D eigenvalue weighted by atomic mass is 9.99. The number of carbonyl (C=O) groups is 2. The van der Waals surface area contributed by atoms with Crippen molar-refractivity contribution < 1.29 is 27.9 Å². The molecular weight excluding hydrogens is 300 g/mol. The third kappa shape index (κ3) is 3.35. The van der Waals surface area contributed by atoms with E-state index in [1.165, 1.54) is 15.7 Å². The molecule has 2 aliphatic rings. The monoisotopic (exact) mass is 320 g/mol. The Morgan fingerprint density at radius 1 is 1.05 bits per heavy atom. The van der Waals surface area contributed by atoms with Crippen molar-refractivity contribution in [3.05, 3.63) is 0 Å². The van der Waals surface area contributed by atoms with Gasteiger partial charge < -0.3 is 9.84 Å². The molecule has 0 amide bonds. The van der Waals surface area contributed by atoms with Crippen LogP contribution in [0, 0.1) is 11.8 Å². The first kappa shape index (κ1) is 16.2. The molecule has 2 saturated heterocycles. The first-order valence-electron chi connectivity index (χ1n) is 6.92. The van der Waals surface area contributed by atoms with Crippen LogP contribution >= 0.6 is 0 Å². The molecule has 0 bridgehead atoms. The molecule has 1 atom stereocenters. The molecule has 21 heavy (non-hydrogen) atoms. The minimum Gasteiger partial charge on any atom is -0.481 e. The van der Waals surface area contributed by atoms with Gasteiger partial charge in [0.05, 0.1) is 18.9 Å². The first-order chi connectivity index (χ1) is 9.86. The summed E-state index contributed by atoms with van der Waals surface area (Å²) in [6, 6.07) is 0. The van der Waals surface area contributed by atoms with E-state index in [0.717, 1.165) is 0 Å². The molecule has 0 aromatic heterocycles. The fourth-order valence-electron chi connectivity index (χ4n) is 2.79. The Bertz CT molecular complexity index is 512. The molecule has 1 unspecified atom stereocenters. The molecule has 120 valence electrons. The van der Waals surface area contributed by atoms with Gasteiger partial charge in [-0.25, -0.2) is 0 Å². The second-order valence-electron chi connectivity index (χ2n) is 5.39. The van der Waals surface area contributed by atoms with Crippen LogP contribution in [0.15, 0.2) is 0 Å². The number of methoxy groups -OCH3 is 1. The van der Waals surface area contributed by atoms with Crippen molar-refractivity contribution >= 4 is 22.1 Å². The predicted molar refractivity (Wildman–Crippen MR) is 72.5 cm³/mol. The zero-order chi connectivity index (χ0) is 15.6. The summed E-state index contributed by atoms with van der Waals surface area (Å²) in [5.41, 5.74) is 0. The topological polar surface area (TPSA) is 104 Å². The molecule has 0 aromatic carbocycles. The minimum atomic E-state index is -3.63. The third-order valence-electron chi connectivity index (χ3n) is 4.14. The Morgan fingerprint density at radius 2 is 1.57 bits per heavy atom. The number of carboxylic acid groups (broad SMARTS) is 1.